The Morgan fingerprint density at radius 2 is 2.00 bits per heavy atom. The molecule has 0 bridgehead atoms. The van der Waals surface area contributed by atoms with Gasteiger partial charge in [-0.25, -0.2) is 13.1 Å². The maximum absolute atomic E-state index is 12.2. The van der Waals surface area contributed by atoms with Crippen molar-refractivity contribution in [1.29, 1.82) is 5.26 Å². The molecule has 1 aliphatic rings. The van der Waals surface area contributed by atoms with Gasteiger partial charge in [-0.15, -0.1) is 0 Å². The Labute approximate surface area is 126 Å². The van der Waals surface area contributed by atoms with Gasteiger partial charge in [0.1, 0.15) is 0 Å². The van der Waals surface area contributed by atoms with Crippen LogP contribution in [-0.4, -0.2) is 28.1 Å². The molecule has 21 heavy (non-hydrogen) atoms. The Kier molecular flexibility index (Phi) is 4.99. The van der Waals surface area contributed by atoms with Crippen LogP contribution in [0.3, 0.4) is 0 Å². The predicted molar refractivity (Wildman–Crippen MR) is 82.0 cm³/mol. The fourth-order valence-electron chi connectivity index (χ4n) is 2.50. The Morgan fingerprint density at radius 3 is 2.67 bits per heavy atom. The third kappa shape index (κ3) is 4.53. The number of piperidine rings is 1. The molecule has 1 aromatic carbocycles. The molecule has 6 heteroatoms. The van der Waals surface area contributed by atoms with Crippen molar-refractivity contribution < 1.29 is 8.42 Å². The second-order valence-corrected chi connectivity index (χ2v) is 7.72. The second-order valence-electron chi connectivity index (χ2n) is 5.91. The molecular weight excluding hydrogens is 286 g/mol. The highest BCUT2D eigenvalue weighted by atomic mass is 32.2. The largest absolute Gasteiger partial charge is 0.317 e. The first-order chi connectivity index (χ1) is 9.94. The van der Waals surface area contributed by atoms with Gasteiger partial charge in [-0.3, -0.25) is 0 Å². The van der Waals surface area contributed by atoms with Gasteiger partial charge in [-0.05, 0) is 43.0 Å². The molecule has 1 aromatic rings. The van der Waals surface area contributed by atoms with E-state index in [1.165, 1.54) is 0 Å². The summed E-state index contributed by atoms with van der Waals surface area (Å²) in [7, 11) is -3.43. The van der Waals surface area contributed by atoms with Gasteiger partial charge in [0.2, 0.25) is 10.0 Å². The van der Waals surface area contributed by atoms with E-state index in [1.54, 1.807) is 24.3 Å². The van der Waals surface area contributed by atoms with Gasteiger partial charge in [-0.2, -0.15) is 5.26 Å². The number of nitrogens with one attached hydrogen (secondary N) is 2. The van der Waals surface area contributed by atoms with E-state index in [0.29, 0.717) is 17.7 Å². The average molecular weight is 307 g/mol. The molecule has 0 saturated carbocycles. The van der Waals surface area contributed by atoms with Crippen molar-refractivity contribution in [3.05, 3.63) is 35.4 Å². The molecule has 0 aliphatic carbocycles. The molecule has 0 radical (unpaired) electrons. The van der Waals surface area contributed by atoms with Crippen LogP contribution in [0.2, 0.25) is 0 Å². The highest BCUT2D eigenvalue weighted by Crippen LogP contribution is 2.27. The van der Waals surface area contributed by atoms with Gasteiger partial charge in [0, 0.05) is 6.54 Å². The van der Waals surface area contributed by atoms with E-state index in [0.717, 1.165) is 25.9 Å². The van der Waals surface area contributed by atoms with Gasteiger partial charge in [0.05, 0.1) is 17.4 Å². The Bertz CT molecular complexity index is 629. The van der Waals surface area contributed by atoms with Gasteiger partial charge >= 0.3 is 0 Å². The number of hydrogen-bond donors (Lipinski definition) is 2. The van der Waals surface area contributed by atoms with Crippen molar-refractivity contribution in [3.8, 4) is 6.07 Å². The van der Waals surface area contributed by atoms with Crippen LogP contribution in [0, 0.1) is 16.7 Å². The number of benzene rings is 1. The molecule has 2 N–H and O–H groups in total. The molecule has 1 saturated heterocycles. The smallest absolute Gasteiger partial charge is 0.215 e. The number of nitriles is 1. The third-order valence-corrected chi connectivity index (χ3v) is 5.29. The third-order valence-electron chi connectivity index (χ3n) is 4.01. The van der Waals surface area contributed by atoms with E-state index in [4.69, 9.17) is 5.26 Å². The Balaban J connectivity index is 2.01. The molecule has 0 atom stereocenters. The first kappa shape index (κ1) is 16.0. The maximum atomic E-state index is 12.2. The SMILES string of the molecule is CC1(CNS(=O)(=O)Cc2ccccc2C#N)CCNCC1. The highest BCUT2D eigenvalue weighted by molar-refractivity contribution is 7.88. The summed E-state index contributed by atoms with van der Waals surface area (Å²) in [5, 5.41) is 12.3. The summed E-state index contributed by atoms with van der Waals surface area (Å²) in [6.45, 7) is 4.41. The normalized spacial score (nSPS) is 18.1. The second kappa shape index (κ2) is 6.56. The molecule has 2 rings (SSSR count). The average Bonchev–Trinajstić information content (AvgIpc) is 2.47. The van der Waals surface area contributed by atoms with Crippen LogP contribution in [0.15, 0.2) is 24.3 Å². The molecule has 114 valence electrons. The highest BCUT2D eigenvalue weighted by Gasteiger charge is 2.28. The summed E-state index contributed by atoms with van der Waals surface area (Å²) in [6, 6.07) is 8.84. The lowest BCUT2D eigenvalue weighted by molar-refractivity contribution is 0.232. The van der Waals surface area contributed by atoms with Gasteiger partial charge in [-0.1, -0.05) is 25.1 Å². The monoisotopic (exact) mass is 307 g/mol. The first-order valence-electron chi connectivity index (χ1n) is 7.10. The minimum atomic E-state index is -3.43. The fraction of sp³-hybridized carbons (Fsp3) is 0.533. The van der Waals surface area contributed by atoms with Crippen LogP contribution in [0.4, 0.5) is 0 Å². The van der Waals surface area contributed by atoms with E-state index in [1.807, 2.05) is 6.07 Å². The van der Waals surface area contributed by atoms with E-state index >= 15 is 0 Å². The molecule has 0 spiro atoms. The summed E-state index contributed by atoms with van der Waals surface area (Å²) in [5.41, 5.74) is 0.964. The van der Waals surface area contributed by atoms with Gasteiger partial charge in [0.25, 0.3) is 0 Å². The molecular formula is C15H21N3O2S. The number of hydrogen-bond acceptors (Lipinski definition) is 4. The summed E-state index contributed by atoms with van der Waals surface area (Å²) < 4.78 is 27.1. The first-order valence-corrected chi connectivity index (χ1v) is 8.75. The number of sulfonamides is 1. The predicted octanol–water partition coefficient (Wildman–Crippen LogP) is 1.37. The number of nitrogens with zero attached hydrogens (tertiary/aromatic N) is 1. The number of rotatable bonds is 5. The lowest BCUT2D eigenvalue weighted by Crippen LogP contribution is -2.43. The lowest BCUT2D eigenvalue weighted by Gasteiger charge is -2.34. The quantitative estimate of drug-likeness (QED) is 0.860. The van der Waals surface area contributed by atoms with Crippen molar-refractivity contribution in [2.75, 3.05) is 19.6 Å². The fourth-order valence-corrected chi connectivity index (χ4v) is 3.83. The van der Waals surface area contributed by atoms with Crippen LogP contribution >= 0.6 is 0 Å². The van der Waals surface area contributed by atoms with Crippen LogP contribution < -0.4 is 10.0 Å². The van der Waals surface area contributed by atoms with Crippen molar-refractivity contribution in [3.63, 3.8) is 0 Å². The zero-order valence-corrected chi connectivity index (χ0v) is 13.0. The van der Waals surface area contributed by atoms with Crippen molar-refractivity contribution >= 4 is 10.0 Å². The van der Waals surface area contributed by atoms with E-state index < -0.39 is 10.0 Å². The summed E-state index contributed by atoms with van der Waals surface area (Å²) in [6.07, 6.45) is 1.93. The topological polar surface area (TPSA) is 82.0 Å². The summed E-state index contributed by atoms with van der Waals surface area (Å²) in [5.74, 6) is -0.148. The van der Waals surface area contributed by atoms with Crippen molar-refractivity contribution in [2.45, 2.75) is 25.5 Å². The molecule has 0 unspecified atom stereocenters. The molecule has 1 fully saturated rings. The molecule has 0 amide bonds. The van der Waals surface area contributed by atoms with Crippen LogP contribution in [0.5, 0.6) is 0 Å². The molecule has 1 aliphatic heterocycles. The maximum Gasteiger partial charge on any atom is 0.215 e. The van der Waals surface area contributed by atoms with E-state index in [2.05, 4.69) is 17.0 Å². The molecule has 5 nitrogen and oxygen atoms in total. The van der Waals surface area contributed by atoms with Crippen molar-refractivity contribution in [2.24, 2.45) is 5.41 Å². The minimum absolute atomic E-state index is 0.00701. The Morgan fingerprint density at radius 1 is 1.33 bits per heavy atom. The Hall–Kier alpha value is -1.42. The van der Waals surface area contributed by atoms with Gasteiger partial charge in [0.15, 0.2) is 0 Å². The van der Waals surface area contributed by atoms with E-state index in [-0.39, 0.29) is 11.2 Å². The lowest BCUT2D eigenvalue weighted by atomic mass is 9.81. The van der Waals surface area contributed by atoms with Crippen LogP contribution in [0.1, 0.15) is 30.9 Å². The molecule has 0 aromatic heterocycles. The summed E-state index contributed by atoms with van der Waals surface area (Å²) >= 11 is 0. The zero-order chi connectivity index (χ0) is 15.3. The standard InChI is InChI=1S/C15H21N3O2S/c1-15(6-8-17-9-7-15)12-18-21(19,20)11-14-5-3-2-4-13(14)10-16/h2-5,17-18H,6-9,11-12H2,1H3. The zero-order valence-electron chi connectivity index (χ0n) is 12.2. The minimum Gasteiger partial charge on any atom is -0.317 e. The van der Waals surface area contributed by atoms with Crippen LogP contribution in [-0.2, 0) is 15.8 Å². The van der Waals surface area contributed by atoms with Crippen LogP contribution in [0.25, 0.3) is 0 Å². The summed E-state index contributed by atoms with van der Waals surface area (Å²) in [4.78, 5) is 0. The van der Waals surface area contributed by atoms with Crippen molar-refractivity contribution in [1.82, 2.24) is 10.0 Å². The van der Waals surface area contributed by atoms with E-state index in [9.17, 15) is 8.42 Å². The molecule has 1 heterocycles. The van der Waals surface area contributed by atoms with Gasteiger partial charge < -0.3 is 5.32 Å².